The third-order valence-corrected chi connectivity index (χ3v) is 3.37. The van der Waals surface area contributed by atoms with Crippen molar-refractivity contribution in [2.45, 2.75) is 33.1 Å². The molecule has 0 unspecified atom stereocenters. The monoisotopic (exact) mass is 284 g/mol. The van der Waals surface area contributed by atoms with Crippen molar-refractivity contribution in [2.24, 2.45) is 0 Å². The molecule has 1 aromatic carbocycles. The number of hydrogen-bond donors (Lipinski definition) is 1. The number of nitrogens with one attached hydrogen (secondary N) is 1. The molecule has 0 radical (unpaired) electrons. The summed E-state index contributed by atoms with van der Waals surface area (Å²) < 4.78 is 0. The first-order chi connectivity index (χ1) is 9.81. The number of rotatable bonds is 3. The van der Waals surface area contributed by atoms with E-state index in [1.165, 1.54) is 5.56 Å². The number of nitrogens with zero attached hydrogens (tertiary/aromatic N) is 3. The summed E-state index contributed by atoms with van der Waals surface area (Å²) in [6, 6.07) is 10.4. The summed E-state index contributed by atoms with van der Waals surface area (Å²) in [4.78, 5) is 11.4. The van der Waals surface area contributed by atoms with E-state index in [4.69, 9.17) is 4.98 Å². The first-order valence-electron chi connectivity index (χ1n) is 7.19. The predicted molar refractivity (Wildman–Crippen MR) is 89.5 cm³/mol. The highest BCUT2D eigenvalue weighted by atomic mass is 15.2. The molecule has 1 heterocycles. The molecule has 0 amide bonds. The van der Waals surface area contributed by atoms with Crippen molar-refractivity contribution in [1.29, 1.82) is 0 Å². The Morgan fingerprint density at radius 1 is 1.10 bits per heavy atom. The maximum atomic E-state index is 4.73. The smallest absolute Gasteiger partial charge is 0.138 e. The minimum Gasteiger partial charge on any atom is -0.373 e. The molecule has 1 N–H and O–H groups in total. The Hall–Kier alpha value is -2.10. The Balaban J connectivity index is 2.47. The van der Waals surface area contributed by atoms with Gasteiger partial charge in [0.25, 0.3) is 0 Å². The summed E-state index contributed by atoms with van der Waals surface area (Å²) in [6.45, 7) is 8.46. The van der Waals surface area contributed by atoms with Gasteiger partial charge in [-0.25, -0.2) is 9.97 Å². The van der Waals surface area contributed by atoms with Crippen LogP contribution in [0, 0.1) is 6.92 Å². The normalized spacial score (nSPS) is 11.3. The molecule has 1 aromatic heterocycles. The first kappa shape index (κ1) is 15.3. The molecule has 0 aliphatic rings. The van der Waals surface area contributed by atoms with Crippen molar-refractivity contribution in [2.75, 3.05) is 24.3 Å². The molecule has 21 heavy (non-hydrogen) atoms. The van der Waals surface area contributed by atoms with Gasteiger partial charge in [0.15, 0.2) is 0 Å². The van der Waals surface area contributed by atoms with Crippen LogP contribution in [0.4, 0.5) is 17.3 Å². The van der Waals surface area contributed by atoms with Crippen LogP contribution in [0.5, 0.6) is 0 Å². The molecule has 0 bridgehead atoms. The van der Waals surface area contributed by atoms with Crippen molar-refractivity contribution in [1.82, 2.24) is 9.97 Å². The number of aromatic nitrogens is 2. The highest BCUT2D eigenvalue weighted by molar-refractivity contribution is 5.62. The highest BCUT2D eigenvalue weighted by Crippen LogP contribution is 2.27. The quantitative estimate of drug-likeness (QED) is 0.928. The molecule has 4 heteroatoms. The number of benzene rings is 1. The largest absolute Gasteiger partial charge is 0.373 e. The maximum Gasteiger partial charge on any atom is 0.138 e. The summed E-state index contributed by atoms with van der Waals surface area (Å²) in [5.41, 5.74) is 2.27. The van der Waals surface area contributed by atoms with Crippen molar-refractivity contribution in [3.8, 4) is 0 Å². The molecular weight excluding hydrogens is 260 g/mol. The van der Waals surface area contributed by atoms with Gasteiger partial charge in [-0.3, -0.25) is 0 Å². The zero-order valence-corrected chi connectivity index (χ0v) is 13.7. The number of aryl methyl sites for hydroxylation is 1. The Morgan fingerprint density at radius 2 is 1.81 bits per heavy atom. The van der Waals surface area contributed by atoms with Crippen LogP contribution in [0.2, 0.25) is 0 Å². The Bertz CT molecular complexity index is 629. The molecule has 0 aliphatic carbocycles. The number of hydrogen-bond acceptors (Lipinski definition) is 4. The van der Waals surface area contributed by atoms with Crippen molar-refractivity contribution < 1.29 is 0 Å². The van der Waals surface area contributed by atoms with Gasteiger partial charge in [-0.05, 0) is 24.6 Å². The fourth-order valence-corrected chi connectivity index (χ4v) is 2.04. The third kappa shape index (κ3) is 3.51. The molecule has 0 atom stereocenters. The van der Waals surface area contributed by atoms with Gasteiger partial charge in [0, 0.05) is 31.3 Å². The van der Waals surface area contributed by atoms with Gasteiger partial charge in [-0.1, -0.05) is 32.9 Å². The Morgan fingerprint density at radius 3 is 2.38 bits per heavy atom. The van der Waals surface area contributed by atoms with Crippen molar-refractivity contribution in [3.05, 3.63) is 41.7 Å². The lowest BCUT2D eigenvalue weighted by Gasteiger charge is -2.23. The first-order valence-corrected chi connectivity index (χ1v) is 7.19. The van der Waals surface area contributed by atoms with Gasteiger partial charge in [-0.15, -0.1) is 0 Å². The molecule has 112 valence electrons. The van der Waals surface area contributed by atoms with Gasteiger partial charge in [0.05, 0.1) is 0 Å². The zero-order valence-electron chi connectivity index (χ0n) is 13.7. The van der Waals surface area contributed by atoms with Crippen LogP contribution in [0.1, 0.15) is 32.2 Å². The lowest BCUT2D eigenvalue weighted by molar-refractivity contribution is 0.546. The van der Waals surface area contributed by atoms with Crippen LogP contribution in [0.15, 0.2) is 30.3 Å². The number of anilines is 3. The lowest BCUT2D eigenvalue weighted by atomic mass is 9.96. The van der Waals surface area contributed by atoms with Gasteiger partial charge >= 0.3 is 0 Å². The van der Waals surface area contributed by atoms with Gasteiger partial charge in [0.1, 0.15) is 17.5 Å². The highest BCUT2D eigenvalue weighted by Gasteiger charge is 2.20. The molecular formula is C17H24N4. The van der Waals surface area contributed by atoms with Crippen LogP contribution in [-0.4, -0.2) is 24.1 Å². The molecule has 4 nitrogen and oxygen atoms in total. The lowest BCUT2D eigenvalue weighted by Crippen LogP contribution is -2.20. The predicted octanol–water partition coefficient (Wildman–Crippen LogP) is 3.89. The molecule has 0 aliphatic heterocycles. The summed E-state index contributed by atoms with van der Waals surface area (Å²) in [5, 5.41) is 3.12. The summed E-state index contributed by atoms with van der Waals surface area (Å²) in [5.74, 6) is 2.57. The zero-order chi connectivity index (χ0) is 15.6. The molecule has 0 saturated carbocycles. The van der Waals surface area contributed by atoms with Crippen molar-refractivity contribution in [3.63, 3.8) is 0 Å². The van der Waals surface area contributed by atoms with Crippen LogP contribution in [-0.2, 0) is 5.41 Å². The van der Waals surface area contributed by atoms with Crippen molar-refractivity contribution >= 4 is 17.3 Å². The van der Waals surface area contributed by atoms with Crippen LogP contribution in [0.3, 0.4) is 0 Å². The Labute approximate surface area is 127 Å². The SMILES string of the molecule is CNc1cc(N(C)c2cccc(C)c2)nc(C(C)(C)C)n1. The molecule has 0 fully saturated rings. The average molecular weight is 284 g/mol. The standard InChI is InChI=1S/C17H24N4/c1-12-8-7-9-13(10-12)21(6)15-11-14(18-5)19-16(20-15)17(2,3)4/h7-11H,1-6H3,(H,18,19,20). The molecule has 2 rings (SSSR count). The van der Waals surface area contributed by atoms with E-state index in [1.807, 2.05) is 20.2 Å². The second-order valence-electron chi connectivity index (χ2n) is 6.33. The second kappa shape index (κ2) is 5.72. The fourth-order valence-electron chi connectivity index (χ4n) is 2.04. The summed E-state index contributed by atoms with van der Waals surface area (Å²) in [7, 11) is 3.91. The summed E-state index contributed by atoms with van der Waals surface area (Å²) in [6.07, 6.45) is 0. The van der Waals surface area contributed by atoms with Crippen LogP contribution >= 0.6 is 0 Å². The minimum absolute atomic E-state index is 0.0882. The minimum atomic E-state index is -0.0882. The van der Waals surface area contributed by atoms with E-state index in [0.717, 1.165) is 23.1 Å². The van der Waals surface area contributed by atoms with E-state index in [1.54, 1.807) is 0 Å². The summed E-state index contributed by atoms with van der Waals surface area (Å²) >= 11 is 0. The van der Waals surface area contributed by atoms with E-state index >= 15 is 0 Å². The fraction of sp³-hybridized carbons (Fsp3) is 0.412. The third-order valence-electron chi connectivity index (χ3n) is 3.37. The molecule has 0 spiro atoms. The van der Waals surface area contributed by atoms with E-state index in [9.17, 15) is 0 Å². The average Bonchev–Trinajstić information content (AvgIpc) is 2.45. The topological polar surface area (TPSA) is 41.0 Å². The molecule has 2 aromatic rings. The molecule has 0 saturated heterocycles. The van der Waals surface area contributed by atoms with E-state index in [0.29, 0.717) is 0 Å². The van der Waals surface area contributed by atoms with Gasteiger partial charge in [-0.2, -0.15) is 0 Å². The van der Waals surface area contributed by atoms with E-state index in [2.05, 4.69) is 67.2 Å². The second-order valence-corrected chi connectivity index (χ2v) is 6.33. The Kier molecular flexibility index (Phi) is 4.16. The van der Waals surface area contributed by atoms with Gasteiger partial charge < -0.3 is 10.2 Å². The van der Waals surface area contributed by atoms with E-state index in [-0.39, 0.29) is 5.41 Å². The van der Waals surface area contributed by atoms with Crippen LogP contribution in [0.25, 0.3) is 0 Å². The van der Waals surface area contributed by atoms with E-state index < -0.39 is 0 Å². The maximum absolute atomic E-state index is 4.73. The van der Waals surface area contributed by atoms with Crippen LogP contribution < -0.4 is 10.2 Å². The van der Waals surface area contributed by atoms with Gasteiger partial charge in [0.2, 0.25) is 0 Å².